The monoisotopic (exact) mass is 283 g/mol. The third-order valence-electron chi connectivity index (χ3n) is 3.23. The Balaban J connectivity index is 2.61. The lowest BCUT2D eigenvalue weighted by Gasteiger charge is -2.28. The summed E-state index contributed by atoms with van der Waals surface area (Å²) in [6.07, 6.45) is 0. The van der Waals surface area contributed by atoms with Crippen LogP contribution in [-0.4, -0.2) is 53.2 Å². The molecule has 6 heteroatoms. The summed E-state index contributed by atoms with van der Waals surface area (Å²) in [6, 6.07) is 5.53. The van der Waals surface area contributed by atoms with E-state index in [1.54, 1.807) is 6.07 Å². The lowest BCUT2D eigenvalue weighted by atomic mass is 10.0. The first-order chi connectivity index (χ1) is 9.48. The topological polar surface area (TPSA) is 99.0 Å². The van der Waals surface area contributed by atoms with Gasteiger partial charge in [0.2, 0.25) is 0 Å². The number of carbonyl (C=O) groups excluding carboxylic acids is 1. The van der Waals surface area contributed by atoms with Crippen molar-refractivity contribution in [3.05, 3.63) is 29.3 Å². The summed E-state index contributed by atoms with van der Waals surface area (Å²) >= 11 is 0. The zero-order chi connectivity index (χ0) is 15.2. The van der Waals surface area contributed by atoms with Gasteiger partial charge in [-0.05, 0) is 31.0 Å². The van der Waals surface area contributed by atoms with E-state index in [1.807, 2.05) is 26.0 Å². The van der Waals surface area contributed by atoms with Crippen molar-refractivity contribution in [3.63, 3.8) is 0 Å². The van der Waals surface area contributed by atoms with Crippen LogP contribution in [0.25, 0.3) is 0 Å². The van der Waals surface area contributed by atoms with Gasteiger partial charge in [0.15, 0.2) is 6.61 Å². The van der Waals surface area contributed by atoms with Gasteiger partial charge in [-0.2, -0.15) is 0 Å². The zero-order valence-electron chi connectivity index (χ0n) is 11.7. The molecule has 4 N–H and O–H groups in total. The molecule has 20 heavy (non-hydrogen) atoms. The third kappa shape index (κ3) is 3.93. The maximum absolute atomic E-state index is 11.7. The molecule has 0 aromatic heterocycles. The molecule has 0 atom stereocenters. The number of aliphatic hydroxyl groups is 3. The number of benzene rings is 1. The van der Waals surface area contributed by atoms with E-state index in [2.05, 4.69) is 5.32 Å². The van der Waals surface area contributed by atoms with Crippen molar-refractivity contribution in [2.45, 2.75) is 19.4 Å². The van der Waals surface area contributed by atoms with Gasteiger partial charge in [-0.1, -0.05) is 12.1 Å². The molecule has 1 aromatic rings. The van der Waals surface area contributed by atoms with Gasteiger partial charge in [0, 0.05) is 0 Å². The summed E-state index contributed by atoms with van der Waals surface area (Å²) < 4.78 is 5.40. The standard InChI is InChI=1S/C14H21NO5/c1-10-4-3-5-12(11(10)2)20-6-13(19)15-14(7-16,8-17)9-18/h3-5,16-18H,6-9H2,1-2H3,(H,15,19). The maximum Gasteiger partial charge on any atom is 0.258 e. The van der Waals surface area contributed by atoms with E-state index in [-0.39, 0.29) is 6.61 Å². The van der Waals surface area contributed by atoms with Gasteiger partial charge in [0.25, 0.3) is 5.91 Å². The van der Waals surface area contributed by atoms with E-state index >= 15 is 0 Å². The van der Waals surface area contributed by atoms with Crippen molar-refractivity contribution in [2.75, 3.05) is 26.4 Å². The van der Waals surface area contributed by atoms with E-state index < -0.39 is 31.3 Å². The zero-order valence-corrected chi connectivity index (χ0v) is 11.7. The van der Waals surface area contributed by atoms with Gasteiger partial charge in [-0.3, -0.25) is 4.79 Å². The SMILES string of the molecule is Cc1cccc(OCC(=O)NC(CO)(CO)CO)c1C. The lowest BCUT2D eigenvalue weighted by Crippen LogP contribution is -2.58. The summed E-state index contributed by atoms with van der Waals surface area (Å²) in [5.74, 6) is 0.0748. The summed E-state index contributed by atoms with van der Waals surface area (Å²) in [5.41, 5.74) is 0.568. The first kappa shape index (κ1) is 16.4. The fourth-order valence-corrected chi connectivity index (χ4v) is 1.62. The Morgan fingerprint density at radius 2 is 1.80 bits per heavy atom. The number of amides is 1. The normalized spacial score (nSPS) is 11.2. The highest BCUT2D eigenvalue weighted by Crippen LogP contribution is 2.20. The summed E-state index contributed by atoms with van der Waals surface area (Å²) in [4.78, 5) is 11.7. The van der Waals surface area contributed by atoms with E-state index in [9.17, 15) is 4.79 Å². The molecule has 0 spiro atoms. The number of nitrogens with one attached hydrogen (secondary N) is 1. The molecule has 0 fully saturated rings. The van der Waals surface area contributed by atoms with Gasteiger partial charge < -0.3 is 25.4 Å². The first-order valence-corrected chi connectivity index (χ1v) is 6.30. The van der Waals surface area contributed by atoms with Crippen LogP contribution in [0.3, 0.4) is 0 Å². The van der Waals surface area contributed by atoms with Crippen LogP contribution in [0.15, 0.2) is 18.2 Å². The number of carbonyl (C=O) groups is 1. The van der Waals surface area contributed by atoms with Crippen LogP contribution >= 0.6 is 0 Å². The minimum Gasteiger partial charge on any atom is -0.483 e. The van der Waals surface area contributed by atoms with Crippen LogP contribution in [0.4, 0.5) is 0 Å². The van der Waals surface area contributed by atoms with Crippen LogP contribution in [0, 0.1) is 13.8 Å². The van der Waals surface area contributed by atoms with Gasteiger partial charge in [-0.15, -0.1) is 0 Å². The first-order valence-electron chi connectivity index (χ1n) is 6.30. The molecule has 6 nitrogen and oxygen atoms in total. The summed E-state index contributed by atoms with van der Waals surface area (Å²) in [5, 5.41) is 29.7. The lowest BCUT2D eigenvalue weighted by molar-refractivity contribution is -0.127. The van der Waals surface area contributed by atoms with Crippen molar-refractivity contribution >= 4 is 5.91 Å². The number of aliphatic hydroxyl groups excluding tert-OH is 3. The number of ether oxygens (including phenoxy) is 1. The van der Waals surface area contributed by atoms with Crippen LogP contribution in [0.1, 0.15) is 11.1 Å². The Morgan fingerprint density at radius 3 is 2.35 bits per heavy atom. The van der Waals surface area contributed by atoms with E-state index in [0.717, 1.165) is 11.1 Å². The fourth-order valence-electron chi connectivity index (χ4n) is 1.62. The molecule has 0 aliphatic rings. The molecule has 0 unspecified atom stereocenters. The molecular weight excluding hydrogens is 262 g/mol. The summed E-state index contributed by atoms with van der Waals surface area (Å²) in [6.45, 7) is 1.89. The quantitative estimate of drug-likeness (QED) is 0.541. The molecule has 0 saturated heterocycles. The number of aryl methyl sites for hydroxylation is 1. The Hall–Kier alpha value is -1.63. The Kier molecular flexibility index (Phi) is 5.94. The van der Waals surface area contributed by atoms with Crippen molar-refractivity contribution in [1.29, 1.82) is 0 Å². The highest BCUT2D eigenvalue weighted by Gasteiger charge is 2.29. The number of hydrogen-bond donors (Lipinski definition) is 4. The van der Waals surface area contributed by atoms with E-state index in [4.69, 9.17) is 20.1 Å². The van der Waals surface area contributed by atoms with Gasteiger partial charge in [-0.25, -0.2) is 0 Å². The van der Waals surface area contributed by atoms with Crippen LogP contribution < -0.4 is 10.1 Å². The van der Waals surface area contributed by atoms with Crippen molar-refractivity contribution in [3.8, 4) is 5.75 Å². The molecule has 0 bridgehead atoms. The van der Waals surface area contributed by atoms with E-state index in [1.165, 1.54) is 0 Å². The van der Waals surface area contributed by atoms with Gasteiger partial charge >= 0.3 is 0 Å². The van der Waals surface area contributed by atoms with Crippen LogP contribution in [-0.2, 0) is 4.79 Å². The summed E-state index contributed by atoms with van der Waals surface area (Å²) in [7, 11) is 0. The molecule has 1 aromatic carbocycles. The van der Waals surface area contributed by atoms with Crippen molar-refractivity contribution in [1.82, 2.24) is 5.32 Å². The average molecular weight is 283 g/mol. The minimum atomic E-state index is -1.43. The van der Waals surface area contributed by atoms with Gasteiger partial charge in [0.05, 0.1) is 19.8 Å². The fraction of sp³-hybridized carbons (Fsp3) is 0.500. The predicted octanol–water partition coefficient (Wildman–Crippen LogP) is -0.486. The minimum absolute atomic E-state index is 0.258. The Labute approximate surface area is 118 Å². The molecule has 0 saturated carbocycles. The van der Waals surface area contributed by atoms with Crippen LogP contribution in [0.2, 0.25) is 0 Å². The second kappa shape index (κ2) is 7.23. The molecule has 0 radical (unpaired) electrons. The molecule has 1 amide bonds. The second-order valence-corrected chi connectivity index (χ2v) is 4.79. The van der Waals surface area contributed by atoms with Crippen molar-refractivity contribution in [2.24, 2.45) is 0 Å². The highest BCUT2D eigenvalue weighted by atomic mass is 16.5. The largest absolute Gasteiger partial charge is 0.483 e. The molecule has 1 rings (SSSR count). The third-order valence-corrected chi connectivity index (χ3v) is 3.23. The molecule has 0 heterocycles. The number of hydrogen-bond acceptors (Lipinski definition) is 5. The van der Waals surface area contributed by atoms with Gasteiger partial charge in [0.1, 0.15) is 11.3 Å². The smallest absolute Gasteiger partial charge is 0.258 e. The maximum atomic E-state index is 11.7. The molecule has 0 aliphatic heterocycles. The van der Waals surface area contributed by atoms with Crippen LogP contribution in [0.5, 0.6) is 5.75 Å². The van der Waals surface area contributed by atoms with E-state index in [0.29, 0.717) is 5.75 Å². The molecular formula is C14H21NO5. The molecule has 112 valence electrons. The van der Waals surface area contributed by atoms with Crippen molar-refractivity contribution < 1.29 is 24.9 Å². The number of rotatable bonds is 7. The predicted molar refractivity (Wildman–Crippen MR) is 73.5 cm³/mol. The Bertz CT molecular complexity index is 449. The molecule has 0 aliphatic carbocycles. The average Bonchev–Trinajstić information content (AvgIpc) is 2.46. The second-order valence-electron chi connectivity index (χ2n) is 4.79. The highest BCUT2D eigenvalue weighted by molar-refractivity contribution is 5.78. The Morgan fingerprint density at radius 1 is 1.20 bits per heavy atom.